The lowest BCUT2D eigenvalue weighted by atomic mass is 9.55. The molecule has 2 N–H and O–H groups in total. The Bertz CT molecular complexity index is 1770. The van der Waals surface area contributed by atoms with E-state index in [1.807, 2.05) is 62.3 Å². The van der Waals surface area contributed by atoms with Gasteiger partial charge in [0.1, 0.15) is 17.7 Å². The third kappa shape index (κ3) is 9.12. The Morgan fingerprint density at radius 2 is 1.60 bits per heavy atom. The predicted octanol–water partition coefficient (Wildman–Crippen LogP) is 4.21. The molecular weight excluding hydrogens is 743 g/mol. The van der Waals surface area contributed by atoms with Crippen molar-refractivity contribution in [2.24, 2.45) is 11.8 Å². The van der Waals surface area contributed by atoms with E-state index in [0.29, 0.717) is 30.3 Å². The van der Waals surface area contributed by atoms with Crippen LogP contribution in [0.25, 0.3) is 0 Å². The fourth-order valence-corrected chi connectivity index (χ4v) is 8.34. The zero-order valence-corrected chi connectivity index (χ0v) is 37.2. The Hall–Kier alpha value is -3.13. The average molecular weight is 807 g/mol. The van der Waals surface area contributed by atoms with Crippen molar-refractivity contribution in [1.82, 2.24) is 10.2 Å². The highest BCUT2D eigenvalue weighted by Gasteiger charge is 2.62. The molecule has 58 heavy (non-hydrogen) atoms. The predicted molar refractivity (Wildman–Crippen MR) is 220 cm³/mol. The van der Waals surface area contributed by atoms with Crippen LogP contribution in [0.5, 0.6) is 0 Å². The van der Waals surface area contributed by atoms with Gasteiger partial charge < -0.3 is 43.2 Å². The number of nitrogens with one attached hydrogen (secondary N) is 1. The lowest BCUT2D eigenvalue weighted by molar-refractivity contribution is -0.129. The molecule has 3 aliphatic heterocycles. The number of amides is 2. The summed E-state index contributed by atoms with van der Waals surface area (Å²) in [4.78, 5) is 42.8. The van der Waals surface area contributed by atoms with Gasteiger partial charge in [-0.15, -0.1) is 0 Å². The van der Waals surface area contributed by atoms with Crippen molar-refractivity contribution in [3.63, 3.8) is 0 Å². The molecule has 0 spiro atoms. The summed E-state index contributed by atoms with van der Waals surface area (Å²) in [5, 5.41) is 23.8. The first-order valence-corrected chi connectivity index (χ1v) is 20.4. The van der Waals surface area contributed by atoms with Crippen molar-refractivity contribution in [3.8, 4) is 6.07 Å². The molecule has 5 rings (SSSR count). The van der Waals surface area contributed by atoms with E-state index in [9.17, 15) is 24.8 Å². The lowest BCUT2D eigenvalue weighted by Gasteiger charge is -2.44. The third-order valence-corrected chi connectivity index (χ3v) is 13.4. The van der Waals surface area contributed by atoms with Gasteiger partial charge in [-0.25, -0.2) is 9.59 Å². The standard InChI is InChI=1S/C41H64B3N3O11/c1-35(2,3)53-34(50)47-30-21-25(20-26(30)22-41(14)40(12,13)57-44(58-41)42-54-37(6,7)36(4,5)51)31(47)32(48)46-27(23-45)18-24-16-17-29(28(19-24)33(49)52-15)43-55-38(8,9)39(10,11)56-43/h16-17,19,25-27,30-31,42,51H,18,20-22H2,1-15H3,(H,46,48)/t25-,26?,27?,30-,31-,41?/m0/s1. The Morgan fingerprint density at radius 1 is 0.983 bits per heavy atom. The van der Waals surface area contributed by atoms with Crippen molar-refractivity contribution in [2.75, 3.05) is 7.11 Å². The Balaban J connectivity index is 1.32. The zero-order valence-electron chi connectivity index (χ0n) is 37.2. The minimum atomic E-state index is -1.09. The summed E-state index contributed by atoms with van der Waals surface area (Å²) in [5.41, 5.74) is -4.14. The van der Waals surface area contributed by atoms with E-state index >= 15 is 0 Å². The van der Waals surface area contributed by atoms with E-state index in [1.54, 1.807) is 57.7 Å². The second-order valence-corrected chi connectivity index (χ2v) is 20.3. The molecule has 318 valence electrons. The van der Waals surface area contributed by atoms with Gasteiger partial charge in [-0.3, -0.25) is 9.69 Å². The number of hydrogen-bond donors (Lipinski definition) is 2. The first kappa shape index (κ1) is 45.9. The van der Waals surface area contributed by atoms with Crippen LogP contribution >= 0.6 is 0 Å². The number of piperidine rings is 1. The summed E-state index contributed by atoms with van der Waals surface area (Å²) < 4.78 is 42.4. The lowest BCUT2D eigenvalue weighted by Crippen LogP contribution is -2.58. The van der Waals surface area contributed by atoms with Gasteiger partial charge in [0.2, 0.25) is 5.91 Å². The number of hydrogen-bond acceptors (Lipinski definition) is 12. The number of ether oxygens (including phenoxy) is 2. The van der Waals surface area contributed by atoms with Crippen LogP contribution < -0.4 is 10.8 Å². The van der Waals surface area contributed by atoms with Gasteiger partial charge in [-0.2, -0.15) is 5.26 Å². The largest absolute Gasteiger partial charge is 0.495 e. The molecule has 2 amide bonds. The van der Waals surface area contributed by atoms with Crippen molar-refractivity contribution >= 4 is 44.9 Å². The summed E-state index contributed by atoms with van der Waals surface area (Å²) in [6.45, 7) is 26.0. The number of fused-ring (bicyclic) bond motifs is 2. The quantitative estimate of drug-likeness (QED) is 0.228. The number of nitriles is 1. The molecule has 2 bridgehead atoms. The number of likely N-dealkylation sites (tertiary alicyclic amines) is 1. The molecule has 0 aromatic heterocycles. The molecule has 1 aromatic rings. The minimum absolute atomic E-state index is 0.0343. The first-order chi connectivity index (χ1) is 26.4. The Morgan fingerprint density at radius 3 is 2.16 bits per heavy atom. The molecule has 1 aliphatic carbocycles. The zero-order chi connectivity index (χ0) is 43.6. The van der Waals surface area contributed by atoms with Gasteiger partial charge in [0.05, 0.1) is 52.3 Å². The van der Waals surface area contributed by atoms with Crippen LogP contribution in [0.3, 0.4) is 0 Å². The Kier molecular flexibility index (Phi) is 12.5. The van der Waals surface area contributed by atoms with Crippen LogP contribution in [0, 0.1) is 23.2 Å². The highest BCUT2D eigenvalue weighted by atomic mass is 16.7. The molecule has 17 heteroatoms. The van der Waals surface area contributed by atoms with E-state index in [-0.39, 0.29) is 37.2 Å². The minimum Gasteiger partial charge on any atom is -0.465 e. The highest BCUT2D eigenvalue weighted by molar-refractivity contribution is 7.03. The van der Waals surface area contributed by atoms with Crippen molar-refractivity contribution in [3.05, 3.63) is 29.3 Å². The van der Waals surface area contributed by atoms with Gasteiger partial charge >= 0.3 is 33.6 Å². The van der Waals surface area contributed by atoms with E-state index in [0.717, 1.165) is 0 Å². The van der Waals surface area contributed by atoms with Crippen LogP contribution in [0.4, 0.5) is 4.79 Å². The molecule has 3 saturated heterocycles. The summed E-state index contributed by atoms with van der Waals surface area (Å²) in [7, 11) is -0.0740. The molecule has 4 fully saturated rings. The second kappa shape index (κ2) is 15.7. The number of carbonyl (C=O) groups is 3. The SMILES string of the molecule is COC(=O)c1cc(CC(C#N)NC(=O)[C@@H]2[C@H]3CC(CC4(C)OB(BOC(C)(C)C(C)(C)O)OC4(C)C)[C@H](C3)N2C(=O)OC(C)(C)C)ccc1B1OC(C)(C)C(C)(C)O1. The monoisotopic (exact) mass is 807 g/mol. The van der Waals surface area contributed by atoms with Gasteiger partial charge in [0, 0.05) is 12.5 Å². The maximum Gasteiger partial charge on any atom is 0.495 e. The van der Waals surface area contributed by atoms with E-state index in [4.69, 9.17) is 32.7 Å². The van der Waals surface area contributed by atoms with E-state index in [2.05, 4.69) is 11.4 Å². The van der Waals surface area contributed by atoms with Crippen molar-refractivity contribution in [2.45, 2.75) is 180 Å². The van der Waals surface area contributed by atoms with E-state index < -0.39 is 83.4 Å². The number of nitrogens with zero attached hydrogens (tertiary/aromatic N) is 2. The fraction of sp³-hybridized carbons (Fsp3) is 0.756. The molecule has 4 aliphatic rings. The molecule has 1 saturated carbocycles. The van der Waals surface area contributed by atoms with Gasteiger partial charge in [0.25, 0.3) is 0 Å². The molecular formula is C41H64B3N3O11. The topological polar surface area (TPSA) is 175 Å². The number of methoxy groups -OCH3 is 1. The molecule has 14 nitrogen and oxygen atoms in total. The van der Waals surface area contributed by atoms with Crippen LogP contribution in [0.2, 0.25) is 0 Å². The highest BCUT2D eigenvalue weighted by Crippen LogP contribution is 2.52. The first-order valence-electron chi connectivity index (χ1n) is 20.4. The summed E-state index contributed by atoms with van der Waals surface area (Å²) in [6, 6.07) is 5.21. The van der Waals surface area contributed by atoms with Crippen LogP contribution in [0.1, 0.15) is 132 Å². The average Bonchev–Trinajstić information content (AvgIpc) is 3.78. The Labute approximate surface area is 346 Å². The number of esters is 1. The van der Waals surface area contributed by atoms with Crippen molar-refractivity contribution < 1.29 is 52.2 Å². The van der Waals surface area contributed by atoms with Gasteiger partial charge in [-0.1, -0.05) is 12.1 Å². The number of aliphatic hydroxyl groups is 1. The number of rotatable bonds is 12. The van der Waals surface area contributed by atoms with Gasteiger partial charge in [-0.05, 0) is 145 Å². The third-order valence-electron chi connectivity index (χ3n) is 13.4. The van der Waals surface area contributed by atoms with Crippen LogP contribution in [0.15, 0.2) is 18.2 Å². The number of carbonyl (C=O) groups excluding carboxylic acids is 3. The second-order valence-electron chi connectivity index (χ2n) is 20.3. The normalized spacial score (nSPS) is 27.9. The maximum atomic E-state index is 14.2. The molecule has 3 unspecified atom stereocenters. The van der Waals surface area contributed by atoms with Crippen molar-refractivity contribution in [1.29, 1.82) is 5.26 Å². The number of benzene rings is 1. The summed E-state index contributed by atoms with van der Waals surface area (Å²) in [5.74, 6) is -1.25. The summed E-state index contributed by atoms with van der Waals surface area (Å²) in [6.07, 6.45) is 1.29. The molecule has 3 heterocycles. The molecule has 6 atom stereocenters. The van der Waals surface area contributed by atoms with E-state index in [1.165, 1.54) is 7.11 Å². The maximum absolute atomic E-state index is 14.2. The summed E-state index contributed by atoms with van der Waals surface area (Å²) >= 11 is 0. The molecule has 1 aromatic carbocycles. The smallest absolute Gasteiger partial charge is 0.465 e. The molecule has 0 radical (unpaired) electrons. The van der Waals surface area contributed by atoms with Crippen LogP contribution in [-0.4, -0.2) is 114 Å². The van der Waals surface area contributed by atoms with Crippen LogP contribution in [-0.2, 0) is 44.0 Å². The van der Waals surface area contributed by atoms with Gasteiger partial charge in [0.15, 0.2) is 0 Å². The fourth-order valence-electron chi connectivity index (χ4n) is 8.34.